The van der Waals surface area contributed by atoms with Gasteiger partial charge in [0.05, 0.1) is 11.2 Å². The van der Waals surface area contributed by atoms with Gasteiger partial charge in [-0.2, -0.15) is 9.57 Å². The van der Waals surface area contributed by atoms with E-state index in [4.69, 9.17) is 5.26 Å². The molecule has 3 aliphatic rings. The highest BCUT2D eigenvalue weighted by Crippen LogP contribution is 2.36. The standard InChI is InChI=1S/C24H31N5O4S/c25-19-26-23(27-12-4-5-13-27)28-16-10-24(11-17-28,22(30)31)18-34(32,33)29-14-8-21(9-15-29)20-6-2-1-3-7-20/h1-3,6-8H,4-5,9-18H2,(H,30,31). The van der Waals surface area contributed by atoms with Crippen molar-refractivity contribution in [1.29, 1.82) is 5.26 Å². The van der Waals surface area contributed by atoms with E-state index in [1.807, 2.05) is 47.5 Å². The molecule has 0 bridgehead atoms. The molecule has 182 valence electrons. The molecule has 9 nitrogen and oxygen atoms in total. The summed E-state index contributed by atoms with van der Waals surface area (Å²) in [4.78, 5) is 20.3. The van der Waals surface area contributed by atoms with Crippen molar-refractivity contribution in [3.8, 4) is 6.19 Å². The molecule has 1 aromatic carbocycles. The lowest BCUT2D eigenvalue weighted by Crippen LogP contribution is -2.54. The van der Waals surface area contributed by atoms with Gasteiger partial charge in [0.1, 0.15) is 0 Å². The monoisotopic (exact) mass is 485 g/mol. The molecule has 1 N–H and O–H groups in total. The van der Waals surface area contributed by atoms with Crippen molar-refractivity contribution in [2.45, 2.75) is 32.1 Å². The quantitative estimate of drug-likeness (QED) is 0.386. The van der Waals surface area contributed by atoms with Crippen LogP contribution in [0.4, 0.5) is 0 Å². The molecule has 0 atom stereocenters. The topological polar surface area (TPSA) is 117 Å². The van der Waals surface area contributed by atoms with Gasteiger partial charge >= 0.3 is 5.97 Å². The van der Waals surface area contributed by atoms with Gasteiger partial charge in [0.25, 0.3) is 0 Å². The van der Waals surface area contributed by atoms with Crippen molar-refractivity contribution < 1.29 is 18.3 Å². The van der Waals surface area contributed by atoms with E-state index in [-0.39, 0.29) is 19.4 Å². The first kappa shape index (κ1) is 24.2. The summed E-state index contributed by atoms with van der Waals surface area (Å²) in [7, 11) is -3.76. The highest BCUT2D eigenvalue weighted by molar-refractivity contribution is 7.89. The molecule has 2 fully saturated rings. The highest BCUT2D eigenvalue weighted by Gasteiger charge is 2.47. The van der Waals surface area contributed by atoms with E-state index in [0.717, 1.165) is 37.1 Å². The van der Waals surface area contributed by atoms with E-state index >= 15 is 0 Å². The van der Waals surface area contributed by atoms with Gasteiger partial charge in [-0.1, -0.05) is 36.4 Å². The first-order valence-electron chi connectivity index (χ1n) is 11.8. The molecule has 2 saturated heterocycles. The van der Waals surface area contributed by atoms with Crippen LogP contribution in [-0.4, -0.2) is 84.6 Å². The Bertz CT molecular complexity index is 1100. The third-order valence-corrected chi connectivity index (χ3v) is 9.20. The van der Waals surface area contributed by atoms with Crippen LogP contribution in [0.5, 0.6) is 0 Å². The summed E-state index contributed by atoms with van der Waals surface area (Å²) in [6, 6.07) is 9.88. The number of aliphatic imine (C=N–C) groups is 1. The predicted molar refractivity (Wildman–Crippen MR) is 129 cm³/mol. The molecule has 0 unspecified atom stereocenters. The number of nitrogens with zero attached hydrogens (tertiary/aromatic N) is 5. The Balaban J connectivity index is 1.44. The normalized spacial score (nSPS) is 21.7. The predicted octanol–water partition coefficient (Wildman–Crippen LogP) is 2.21. The van der Waals surface area contributed by atoms with E-state index in [1.165, 1.54) is 4.31 Å². The number of carboxylic acids is 1. The van der Waals surface area contributed by atoms with E-state index in [9.17, 15) is 18.3 Å². The molecule has 0 aromatic heterocycles. The maximum atomic E-state index is 13.3. The average Bonchev–Trinajstić information content (AvgIpc) is 3.38. The van der Waals surface area contributed by atoms with Crippen molar-refractivity contribution in [3.05, 3.63) is 42.0 Å². The van der Waals surface area contributed by atoms with Gasteiger partial charge < -0.3 is 14.9 Å². The molecule has 3 aliphatic heterocycles. The number of aliphatic carboxylic acids is 1. The molecule has 1 aromatic rings. The van der Waals surface area contributed by atoms with Gasteiger partial charge in [0.2, 0.25) is 22.2 Å². The molecule has 0 spiro atoms. The van der Waals surface area contributed by atoms with Crippen LogP contribution in [0.25, 0.3) is 5.57 Å². The minimum absolute atomic E-state index is 0.193. The van der Waals surface area contributed by atoms with Gasteiger partial charge in [-0.3, -0.25) is 4.79 Å². The summed E-state index contributed by atoms with van der Waals surface area (Å²) in [6.07, 6.45) is 6.84. The minimum atomic E-state index is -3.76. The number of nitriles is 1. The Hall–Kier alpha value is -2.90. The zero-order valence-electron chi connectivity index (χ0n) is 19.3. The van der Waals surface area contributed by atoms with Crippen LogP contribution in [0.3, 0.4) is 0 Å². The second kappa shape index (κ2) is 10.2. The van der Waals surface area contributed by atoms with Crippen LogP contribution >= 0.6 is 0 Å². The van der Waals surface area contributed by atoms with Crippen molar-refractivity contribution in [3.63, 3.8) is 0 Å². The maximum absolute atomic E-state index is 13.3. The van der Waals surface area contributed by atoms with Gasteiger partial charge in [-0.25, -0.2) is 8.42 Å². The van der Waals surface area contributed by atoms with Crippen LogP contribution in [-0.2, 0) is 14.8 Å². The molecule has 0 saturated carbocycles. The number of guanidine groups is 1. The highest BCUT2D eigenvalue weighted by atomic mass is 32.2. The second-order valence-electron chi connectivity index (χ2n) is 9.24. The number of hydrogen-bond donors (Lipinski definition) is 1. The molecular formula is C24H31N5O4S. The second-order valence-corrected chi connectivity index (χ2v) is 11.2. The van der Waals surface area contributed by atoms with E-state index in [2.05, 4.69) is 9.89 Å². The number of carboxylic acid groups (broad SMARTS) is 1. The molecule has 10 heteroatoms. The Kier molecular flexibility index (Phi) is 7.24. The smallest absolute Gasteiger partial charge is 0.310 e. The van der Waals surface area contributed by atoms with E-state index in [1.54, 1.807) is 0 Å². The average molecular weight is 486 g/mol. The third kappa shape index (κ3) is 5.10. The molecule has 0 amide bonds. The summed E-state index contributed by atoms with van der Waals surface area (Å²) in [6.45, 7) is 2.96. The van der Waals surface area contributed by atoms with Crippen LogP contribution in [0.15, 0.2) is 41.4 Å². The Labute approximate surface area is 201 Å². The van der Waals surface area contributed by atoms with E-state index < -0.39 is 27.2 Å². The lowest BCUT2D eigenvalue weighted by atomic mass is 9.80. The minimum Gasteiger partial charge on any atom is -0.481 e. The van der Waals surface area contributed by atoms with Crippen molar-refractivity contribution in [1.82, 2.24) is 14.1 Å². The van der Waals surface area contributed by atoms with Gasteiger partial charge in [0, 0.05) is 39.3 Å². The first-order chi connectivity index (χ1) is 16.3. The Morgan fingerprint density at radius 2 is 1.71 bits per heavy atom. The molecule has 4 rings (SSSR count). The lowest BCUT2D eigenvalue weighted by molar-refractivity contribution is -0.150. The SMILES string of the molecule is N#CN=C(N1CCCC1)N1CCC(CS(=O)(=O)N2CC=C(c3ccccc3)CC2)(C(=O)O)CC1. The largest absolute Gasteiger partial charge is 0.481 e. The van der Waals surface area contributed by atoms with Crippen molar-refractivity contribution in [2.24, 2.45) is 10.4 Å². The molecule has 3 heterocycles. The van der Waals surface area contributed by atoms with Crippen LogP contribution in [0.2, 0.25) is 0 Å². The summed E-state index contributed by atoms with van der Waals surface area (Å²) in [5, 5.41) is 19.2. The number of likely N-dealkylation sites (tertiary alicyclic amines) is 2. The summed E-state index contributed by atoms with van der Waals surface area (Å²) in [5.41, 5.74) is 0.850. The number of carbonyl (C=O) groups is 1. The van der Waals surface area contributed by atoms with Crippen LogP contribution in [0, 0.1) is 16.9 Å². The zero-order valence-corrected chi connectivity index (χ0v) is 20.1. The number of rotatable bonds is 5. The Morgan fingerprint density at radius 3 is 2.26 bits per heavy atom. The molecular weight excluding hydrogens is 454 g/mol. The fourth-order valence-electron chi connectivity index (χ4n) is 5.12. The first-order valence-corrected chi connectivity index (χ1v) is 13.4. The maximum Gasteiger partial charge on any atom is 0.310 e. The number of sulfonamides is 1. The fraction of sp³-hybridized carbons (Fsp3) is 0.542. The van der Waals surface area contributed by atoms with Crippen LogP contribution in [0.1, 0.15) is 37.7 Å². The zero-order chi connectivity index (χ0) is 24.2. The molecule has 34 heavy (non-hydrogen) atoms. The van der Waals surface area contributed by atoms with Crippen LogP contribution < -0.4 is 0 Å². The summed E-state index contributed by atoms with van der Waals surface area (Å²) in [5.74, 6) is -0.906. The lowest BCUT2D eigenvalue weighted by Gasteiger charge is -2.42. The Morgan fingerprint density at radius 1 is 1.06 bits per heavy atom. The van der Waals surface area contributed by atoms with Gasteiger partial charge in [-0.05, 0) is 43.2 Å². The van der Waals surface area contributed by atoms with Crippen molar-refractivity contribution >= 4 is 27.5 Å². The number of benzene rings is 1. The van der Waals surface area contributed by atoms with Gasteiger partial charge in [0.15, 0.2) is 0 Å². The van der Waals surface area contributed by atoms with Crippen molar-refractivity contribution in [2.75, 3.05) is 45.0 Å². The summed E-state index contributed by atoms with van der Waals surface area (Å²) < 4.78 is 28.0. The number of hydrogen-bond acceptors (Lipinski definition) is 5. The third-order valence-electron chi connectivity index (χ3n) is 7.16. The van der Waals surface area contributed by atoms with E-state index in [0.29, 0.717) is 32.0 Å². The summed E-state index contributed by atoms with van der Waals surface area (Å²) >= 11 is 0. The van der Waals surface area contributed by atoms with Gasteiger partial charge in [-0.15, -0.1) is 4.99 Å². The number of piperidine rings is 1. The molecule has 0 aliphatic carbocycles. The molecule has 0 radical (unpaired) electrons. The fourth-order valence-corrected chi connectivity index (χ4v) is 7.08.